The number of phenols is 3. The van der Waals surface area contributed by atoms with E-state index < -0.39 is 5.75 Å². The molecule has 0 heterocycles. The lowest BCUT2D eigenvalue weighted by atomic mass is 10.1. The zero-order chi connectivity index (χ0) is 15.2. The number of rotatable bonds is 6. The normalized spacial score (nSPS) is 10.5. The van der Waals surface area contributed by atoms with Gasteiger partial charge >= 0.3 is 0 Å². The minimum absolute atomic E-state index is 0.292. The number of ether oxygens (including phenoxy) is 1. The molecule has 21 heavy (non-hydrogen) atoms. The van der Waals surface area contributed by atoms with Crippen molar-refractivity contribution < 1.29 is 20.1 Å². The van der Waals surface area contributed by atoms with Crippen molar-refractivity contribution in [1.82, 2.24) is 5.32 Å². The summed E-state index contributed by atoms with van der Waals surface area (Å²) in [4.78, 5) is 0. The van der Waals surface area contributed by atoms with Crippen LogP contribution in [0.3, 0.4) is 0 Å². The van der Waals surface area contributed by atoms with E-state index in [9.17, 15) is 15.3 Å². The second-order valence-electron chi connectivity index (χ2n) is 4.68. The summed E-state index contributed by atoms with van der Waals surface area (Å²) >= 11 is 0. The predicted octanol–water partition coefficient (Wildman–Crippen LogP) is 2.14. The Morgan fingerprint density at radius 3 is 2.48 bits per heavy atom. The minimum Gasteiger partial charge on any atom is -0.504 e. The van der Waals surface area contributed by atoms with E-state index in [-0.39, 0.29) is 11.5 Å². The van der Waals surface area contributed by atoms with E-state index in [1.165, 1.54) is 6.07 Å². The van der Waals surface area contributed by atoms with E-state index in [0.29, 0.717) is 18.7 Å². The van der Waals surface area contributed by atoms with Gasteiger partial charge in [-0.05, 0) is 30.7 Å². The van der Waals surface area contributed by atoms with Gasteiger partial charge in [0.1, 0.15) is 5.75 Å². The molecular formula is C16H19NO4. The molecule has 5 heteroatoms. The van der Waals surface area contributed by atoms with Gasteiger partial charge in [0.05, 0.1) is 7.11 Å². The van der Waals surface area contributed by atoms with Crippen LogP contribution in [-0.2, 0) is 13.0 Å². The van der Waals surface area contributed by atoms with Gasteiger partial charge in [-0.3, -0.25) is 0 Å². The van der Waals surface area contributed by atoms with Gasteiger partial charge in [0.25, 0.3) is 0 Å². The fraction of sp³-hybridized carbons (Fsp3) is 0.250. The number of benzene rings is 2. The molecule has 0 radical (unpaired) electrons. The predicted molar refractivity (Wildman–Crippen MR) is 79.8 cm³/mol. The smallest absolute Gasteiger partial charge is 0.200 e. The fourth-order valence-electron chi connectivity index (χ4n) is 2.11. The zero-order valence-corrected chi connectivity index (χ0v) is 11.8. The number of phenolic OH excluding ortho intramolecular Hbond substituents is 3. The van der Waals surface area contributed by atoms with Gasteiger partial charge < -0.3 is 25.4 Å². The summed E-state index contributed by atoms with van der Waals surface area (Å²) < 4.78 is 5.28. The van der Waals surface area contributed by atoms with Gasteiger partial charge in [-0.1, -0.05) is 24.3 Å². The summed E-state index contributed by atoms with van der Waals surface area (Å²) in [5.74, 6) is -0.256. The summed E-state index contributed by atoms with van der Waals surface area (Å²) in [5.41, 5.74) is 1.63. The number of hydrogen-bond donors (Lipinski definition) is 4. The first kappa shape index (κ1) is 15.0. The van der Waals surface area contributed by atoms with E-state index in [2.05, 4.69) is 5.32 Å². The Bertz CT molecular complexity index is 613. The molecule has 0 fully saturated rings. The number of hydrogen-bond acceptors (Lipinski definition) is 5. The molecule has 0 atom stereocenters. The van der Waals surface area contributed by atoms with Crippen LogP contribution in [0.15, 0.2) is 36.4 Å². The van der Waals surface area contributed by atoms with Gasteiger partial charge in [-0.25, -0.2) is 0 Å². The molecule has 0 saturated heterocycles. The highest BCUT2D eigenvalue weighted by atomic mass is 16.5. The Labute approximate surface area is 123 Å². The van der Waals surface area contributed by atoms with Crippen molar-refractivity contribution in [1.29, 1.82) is 0 Å². The van der Waals surface area contributed by atoms with Crippen LogP contribution < -0.4 is 10.1 Å². The summed E-state index contributed by atoms with van der Waals surface area (Å²) in [6.45, 7) is 1.09. The standard InChI is InChI=1S/C16H19NO4/c1-21-14-5-3-2-4-11(14)8-9-17-10-12-6-7-13(18)16(20)15(12)19/h2-7,17-20H,8-10H2,1H3. The molecule has 0 aliphatic rings. The van der Waals surface area contributed by atoms with E-state index >= 15 is 0 Å². The Balaban J connectivity index is 1.89. The average Bonchev–Trinajstić information content (AvgIpc) is 2.51. The van der Waals surface area contributed by atoms with E-state index in [1.807, 2.05) is 24.3 Å². The molecule has 0 amide bonds. The molecular weight excluding hydrogens is 270 g/mol. The third-order valence-corrected chi connectivity index (χ3v) is 3.29. The molecule has 0 aliphatic carbocycles. The average molecular weight is 289 g/mol. The van der Waals surface area contributed by atoms with Crippen molar-refractivity contribution in [3.8, 4) is 23.0 Å². The van der Waals surface area contributed by atoms with Gasteiger partial charge in [0.15, 0.2) is 11.5 Å². The first-order chi connectivity index (χ1) is 10.1. The maximum absolute atomic E-state index is 9.71. The molecule has 0 aromatic heterocycles. The van der Waals surface area contributed by atoms with Crippen LogP contribution in [0, 0.1) is 0 Å². The maximum Gasteiger partial charge on any atom is 0.200 e. The number of para-hydroxylation sites is 1. The molecule has 0 bridgehead atoms. The molecule has 0 spiro atoms. The topological polar surface area (TPSA) is 82.0 Å². The monoisotopic (exact) mass is 289 g/mol. The second kappa shape index (κ2) is 6.85. The number of aromatic hydroxyl groups is 3. The number of methoxy groups -OCH3 is 1. The van der Waals surface area contributed by atoms with Crippen LogP contribution in [0.5, 0.6) is 23.0 Å². The van der Waals surface area contributed by atoms with E-state index in [0.717, 1.165) is 17.7 Å². The first-order valence-corrected chi connectivity index (χ1v) is 6.69. The van der Waals surface area contributed by atoms with Gasteiger partial charge in [0.2, 0.25) is 5.75 Å². The van der Waals surface area contributed by atoms with Crippen molar-refractivity contribution in [2.75, 3.05) is 13.7 Å². The third-order valence-electron chi connectivity index (χ3n) is 3.29. The van der Waals surface area contributed by atoms with E-state index in [4.69, 9.17) is 4.74 Å². The van der Waals surface area contributed by atoms with Crippen molar-refractivity contribution in [2.45, 2.75) is 13.0 Å². The van der Waals surface area contributed by atoms with Crippen molar-refractivity contribution in [2.24, 2.45) is 0 Å². The van der Waals surface area contributed by atoms with Crippen LogP contribution >= 0.6 is 0 Å². The summed E-state index contributed by atoms with van der Waals surface area (Å²) in [6, 6.07) is 10.7. The zero-order valence-electron chi connectivity index (χ0n) is 11.8. The van der Waals surface area contributed by atoms with Crippen molar-refractivity contribution in [3.63, 3.8) is 0 Å². The maximum atomic E-state index is 9.71. The Morgan fingerprint density at radius 1 is 0.952 bits per heavy atom. The molecule has 2 rings (SSSR count). The quantitative estimate of drug-likeness (QED) is 0.484. The van der Waals surface area contributed by atoms with Gasteiger partial charge in [-0.2, -0.15) is 0 Å². The highest BCUT2D eigenvalue weighted by Gasteiger charge is 2.10. The molecule has 5 nitrogen and oxygen atoms in total. The minimum atomic E-state index is -0.487. The first-order valence-electron chi connectivity index (χ1n) is 6.69. The molecule has 0 saturated carbocycles. The SMILES string of the molecule is COc1ccccc1CCNCc1ccc(O)c(O)c1O. The van der Waals surface area contributed by atoms with Crippen LogP contribution in [-0.4, -0.2) is 29.0 Å². The Hall–Kier alpha value is -2.40. The van der Waals surface area contributed by atoms with Crippen molar-refractivity contribution >= 4 is 0 Å². The summed E-state index contributed by atoms with van der Waals surface area (Å²) in [5, 5.41) is 31.6. The molecule has 4 N–H and O–H groups in total. The second-order valence-corrected chi connectivity index (χ2v) is 4.68. The molecule has 2 aromatic rings. The third kappa shape index (κ3) is 3.58. The largest absolute Gasteiger partial charge is 0.504 e. The summed E-state index contributed by atoms with van der Waals surface area (Å²) in [6.07, 6.45) is 0.787. The molecule has 0 aliphatic heterocycles. The lowest BCUT2D eigenvalue weighted by Gasteiger charge is -2.10. The molecule has 2 aromatic carbocycles. The van der Waals surface area contributed by atoms with Gasteiger partial charge in [-0.15, -0.1) is 0 Å². The van der Waals surface area contributed by atoms with Crippen LogP contribution in [0.1, 0.15) is 11.1 Å². The summed E-state index contributed by atoms with van der Waals surface area (Å²) in [7, 11) is 1.64. The number of nitrogens with one attached hydrogen (secondary N) is 1. The fourth-order valence-corrected chi connectivity index (χ4v) is 2.11. The Kier molecular flexibility index (Phi) is 4.90. The van der Waals surface area contributed by atoms with Gasteiger partial charge in [0, 0.05) is 12.1 Å². The molecule has 112 valence electrons. The highest BCUT2D eigenvalue weighted by molar-refractivity contribution is 5.53. The Morgan fingerprint density at radius 2 is 1.71 bits per heavy atom. The highest BCUT2D eigenvalue weighted by Crippen LogP contribution is 2.36. The van der Waals surface area contributed by atoms with E-state index in [1.54, 1.807) is 13.2 Å². The van der Waals surface area contributed by atoms with Crippen molar-refractivity contribution in [3.05, 3.63) is 47.5 Å². The lowest BCUT2D eigenvalue weighted by molar-refractivity contribution is 0.364. The molecule has 0 unspecified atom stereocenters. The van der Waals surface area contributed by atoms with Crippen LogP contribution in [0.25, 0.3) is 0 Å². The van der Waals surface area contributed by atoms with Crippen LogP contribution in [0.2, 0.25) is 0 Å². The lowest BCUT2D eigenvalue weighted by Crippen LogP contribution is -2.17. The van der Waals surface area contributed by atoms with Crippen LogP contribution in [0.4, 0.5) is 0 Å².